The van der Waals surface area contributed by atoms with Gasteiger partial charge in [0.05, 0.1) is 0 Å². The fourth-order valence-corrected chi connectivity index (χ4v) is 2.60. The van der Waals surface area contributed by atoms with Gasteiger partial charge in [-0.15, -0.1) is 0 Å². The van der Waals surface area contributed by atoms with Crippen molar-refractivity contribution in [3.63, 3.8) is 0 Å². The zero-order valence-electron chi connectivity index (χ0n) is 11.2. The zero-order chi connectivity index (χ0) is 15.4. The van der Waals surface area contributed by atoms with E-state index in [0.29, 0.717) is 16.5 Å². The normalized spacial score (nSPS) is 10.6. The number of benzene rings is 1. The van der Waals surface area contributed by atoms with Gasteiger partial charge in [-0.2, -0.15) is 4.98 Å². The molecule has 0 amide bonds. The Morgan fingerprint density at radius 1 is 1.38 bits per heavy atom. The molecule has 0 saturated heterocycles. The smallest absolute Gasteiger partial charge is 0.323 e. The van der Waals surface area contributed by atoms with Crippen LogP contribution in [0.3, 0.4) is 0 Å². The second kappa shape index (κ2) is 6.53. The summed E-state index contributed by atoms with van der Waals surface area (Å²) < 4.78 is 14.2. The maximum atomic E-state index is 12.8. The Hall–Kier alpha value is -2.15. The summed E-state index contributed by atoms with van der Waals surface area (Å²) in [7, 11) is 0. The minimum absolute atomic E-state index is 0.264. The second-order valence-electron chi connectivity index (χ2n) is 4.45. The lowest BCUT2D eigenvalue weighted by atomic mass is 10.2. The Labute approximate surface area is 124 Å². The first kappa shape index (κ1) is 15.2. The summed E-state index contributed by atoms with van der Waals surface area (Å²) in [6.07, 6.45) is 1.48. The lowest BCUT2D eigenvalue weighted by molar-refractivity contribution is -0.137. The molecule has 1 aromatic carbocycles. The molecule has 0 fully saturated rings. The number of thioether (sulfide) groups is 1. The number of hydrogen-bond donors (Lipinski definition) is 1. The van der Waals surface area contributed by atoms with E-state index < -0.39 is 5.97 Å². The standard InChI is InChI=1S/C14H13FN2O3S/c1-9-6-17(7-12(18)19)14(16-13(9)20)21-8-10-2-4-11(15)5-3-10/h2-6H,7-8H2,1H3,(H,18,19). The molecule has 0 spiro atoms. The summed E-state index contributed by atoms with van der Waals surface area (Å²) in [6, 6.07) is 5.97. The van der Waals surface area contributed by atoms with Crippen molar-refractivity contribution in [2.24, 2.45) is 0 Å². The summed E-state index contributed by atoms with van der Waals surface area (Å²) >= 11 is 1.24. The van der Waals surface area contributed by atoms with E-state index in [2.05, 4.69) is 4.98 Å². The van der Waals surface area contributed by atoms with Crippen molar-refractivity contribution in [3.05, 3.63) is 57.8 Å². The van der Waals surface area contributed by atoms with Crippen LogP contribution >= 0.6 is 11.8 Å². The molecule has 0 atom stereocenters. The monoisotopic (exact) mass is 308 g/mol. The summed E-state index contributed by atoms with van der Waals surface area (Å²) in [4.78, 5) is 26.3. The number of rotatable bonds is 5. The van der Waals surface area contributed by atoms with Gasteiger partial charge in [0.1, 0.15) is 12.4 Å². The van der Waals surface area contributed by atoms with Crippen LogP contribution in [0.2, 0.25) is 0 Å². The van der Waals surface area contributed by atoms with Crippen molar-refractivity contribution >= 4 is 17.7 Å². The number of halogens is 1. The number of aromatic nitrogens is 2. The number of aryl methyl sites for hydroxylation is 1. The molecule has 1 aromatic heterocycles. The predicted octanol–water partition coefficient (Wildman–Crippen LogP) is 2.07. The third-order valence-corrected chi connectivity index (χ3v) is 3.78. The van der Waals surface area contributed by atoms with Crippen LogP contribution in [0.5, 0.6) is 0 Å². The Morgan fingerprint density at radius 2 is 2.05 bits per heavy atom. The first-order valence-electron chi connectivity index (χ1n) is 6.13. The molecule has 0 aliphatic heterocycles. The van der Waals surface area contributed by atoms with E-state index in [1.54, 1.807) is 19.1 Å². The van der Waals surface area contributed by atoms with Gasteiger partial charge in [0.15, 0.2) is 5.16 Å². The molecule has 0 saturated carbocycles. The van der Waals surface area contributed by atoms with Crippen molar-refractivity contribution in [2.45, 2.75) is 24.4 Å². The van der Waals surface area contributed by atoms with Gasteiger partial charge in [-0.25, -0.2) is 4.39 Å². The number of carboxylic acids is 1. The molecule has 110 valence electrons. The number of hydrogen-bond acceptors (Lipinski definition) is 4. The molecule has 0 unspecified atom stereocenters. The Bertz CT molecular complexity index is 713. The molecule has 1 heterocycles. The number of nitrogens with zero attached hydrogens (tertiary/aromatic N) is 2. The minimum atomic E-state index is -1.01. The first-order valence-corrected chi connectivity index (χ1v) is 7.11. The first-order chi connectivity index (χ1) is 9.95. The van der Waals surface area contributed by atoms with E-state index in [0.717, 1.165) is 5.56 Å². The summed E-state index contributed by atoms with van der Waals surface area (Å²) in [5, 5.41) is 9.22. The van der Waals surface area contributed by atoms with Crippen LogP contribution in [0.1, 0.15) is 11.1 Å². The molecule has 1 N–H and O–H groups in total. The highest BCUT2D eigenvalue weighted by atomic mass is 32.2. The molecule has 2 rings (SSSR count). The maximum absolute atomic E-state index is 12.8. The molecule has 0 bridgehead atoms. The summed E-state index contributed by atoms with van der Waals surface area (Å²) in [6.45, 7) is 1.32. The van der Waals surface area contributed by atoms with E-state index in [-0.39, 0.29) is 17.9 Å². The van der Waals surface area contributed by atoms with Crippen LogP contribution in [0.25, 0.3) is 0 Å². The Kier molecular flexibility index (Phi) is 4.74. The van der Waals surface area contributed by atoms with Gasteiger partial charge in [0.25, 0.3) is 5.56 Å². The van der Waals surface area contributed by atoms with Crippen LogP contribution in [-0.4, -0.2) is 20.6 Å². The third kappa shape index (κ3) is 4.16. The van der Waals surface area contributed by atoms with Gasteiger partial charge in [-0.3, -0.25) is 9.59 Å². The number of carbonyl (C=O) groups is 1. The minimum Gasteiger partial charge on any atom is -0.480 e. The highest BCUT2D eigenvalue weighted by Crippen LogP contribution is 2.20. The summed E-state index contributed by atoms with van der Waals surface area (Å²) in [5.41, 5.74) is 0.874. The highest BCUT2D eigenvalue weighted by Gasteiger charge is 2.10. The fraction of sp³-hybridized carbons (Fsp3) is 0.214. The number of carboxylic acid groups (broad SMARTS) is 1. The predicted molar refractivity (Wildman–Crippen MR) is 76.8 cm³/mol. The van der Waals surface area contributed by atoms with Gasteiger partial charge >= 0.3 is 5.97 Å². The lowest BCUT2D eigenvalue weighted by Gasteiger charge is -2.10. The van der Waals surface area contributed by atoms with Crippen LogP contribution < -0.4 is 5.56 Å². The van der Waals surface area contributed by atoms with Crippen molar-refractivity contribution in [1.29, 1.82) is 0 Å². The Morgan fingerprint density at radius 3 is 2.67 bits per heavy atom. The van der Waals surface area contributed by atoms with E-state index in [1.807, 2.05) is 0 Å². The van der Waals surface area contributed by atoms with E-state index in [4.69, 9.17) is 5.11 Å². The van der Waals surface area contributed by atoms with Crippen molar-refractivity contribution in [2.75, 3.05) is 0 Å². The zero-order valence-corrected chi connectivity index (χ0v) is 12.1. The average Bonchev–Trinajstić information content (AvgIpc) is 2.42. The van der Waals surface area contributed by atoms with Crippen LogP contribution in [0.4, 0.5) is 4.39 Å². The summed E-state index contributed by atoms with van der Waals surface area (Å²) in [5.74, 6) is -0.862. The molecule has 21 heavy (non-hydrogen) atoms. The van der Waals surface area contributed by atoms with E-state index in [1.165, 1.54) is 34.7 Å². The van der Waals surface area contributed by atoms with Gasteiger partial charge in [0, 0.05) is 17.5 Å². The van der Waals surface area contributed by atoms with Crippen LogP contribution in [-0.2, 0) is 17.1 Å². The van der Waals surface area contributed by atoms with Crippen molar-refractivity contribution in [1.82, 2.24) is 9.55 Å². The van der Waals surface area contributed by atoms with Crippen molar-refractivity contribution in [3.8, 4) is 0 Å². The largest absolute Gasteiger partial charge is 0.480 e. The van der Waals surface area contributed by atoms with Gasteiger partial charge in [-0.1, -0.05) is 23.9 Å². The maximum Gasteiger partial charge on any atom is 0.323 e. The fourth-order valence-electron chi connectivity index (χ4n) is 1.69. The number of aliphatic carboxylic acids is 1. The van der Waals surface area contributed by atoms with Crippen LogP contribution in [0, 0.1) is 12.7 Å². The average molecular weight is 308 g/mol. The molecular weight excluding hydrogens is 295 g/mol. The second-order valence-corrected chi connectivity index (χ2v) is 5.39. The topological polar surface area (TPSA) is 72.2 Å². The van der Waals surface area contributed by atoms with Crippen LogP contribution in [0.15, 0.2) is 40.4 Å². The highest BCUT2D eigenvalue weighted by molar-refractivity contribution is 7.98. The van der Waals surface area contributed by atoms with Gasteiger partial charge in [-0.05, 0) is 24.6 Å². The van der Waals surface area contributed by atoms with E-state index in [9.17, 15) is 14.0 Å². The Balaban J connectivity index is 2.21. The molecule has 5 nitrogen and oxygen atoms in total. The molecule has 0 radical (unpaired) electrons. The molecule has 0 aliphatic carbocycles. The quantitative estimate of drug-likeness (QED) is 0.676. The van der Waals surface area contributed by atoms with E-state index >= 15 is 0 Å². The molecule has 7 heteroatoms. The van der Waals surface area contributed by atoms with Gasteiger partial charge in [0.2, 0.25) is 0 Å². The molecule has 2 aromatic rings. The van der Waals surface area contributed by atoms with Crippen molar-refractivity contribution < 1.29 is 14.3 Å². The lowest BCUT2D eigenvalue weighted by Crippen LogP contribution is -2.20. The third-order valence-electron chi connectivity index (χ3n) is 2.72. The molecule has 0 aliphatic rings. The molecular formula is C14H13FN2O3S. The SMILES string of the molecule is Cc1cn(CC(=O)O)c(SCc2ccc(F)cc2)nc1=O. The van der Waals surface area contributed by atoms with Gasteiger partial charge < -0.3 is 9.67 Å².